The van der Waals surface area contributed by atoms with Gasteiger partial charge in [-0.15, -0.1) is 0 Å². The lowest BCUT2D eigenvalue weighted by atomic mass is 10.0. The lowest BCUT2D eigenvalue weighted by Gasteiger charge is -2.16. The highest BCUT2D eigenvalue weighted by Crippen LogP contribution is 2.31. The normalized spacial score (nSPS) is 13.8. The molecule has 7 heteroatoms. The fraction of sp³-hybridized carbons (Fsp3) is 0.360. The number of ether oxygens (including phenoxy) is 3. The van der Waals surface area contributed by atoms with Crippen LogP contribution in [0.4, 0.5) is 5.69 Å². The quantitative estimate of drug-likeness (QED) is 0.532. The molecular formula is C25H30N2O5. The van der Waals surface area contributed by atoms with E-state index in [1.165, 1.54) is 4.90 Å². The van der Waals surface area contributed by atoms with E-state index in [9.17, 15) is 9.59 Å². The Balaban J connectivity index is 1.91. The first-order chi connectivity index (χ1) is 15.4. The number of carbonyl (C=O) groups excluding carboxylic acids is 2. The molecule has 0 aromatic heterocycles. The number of rotatable bonds is 11. The Hall–Kier alpha value is -3.32. The third-order valence-corrected chi connectivity index (χ3v) is 4.82. The van der Waals surface area contributed by atoms with Gasteiger partial charge in [-0.05, 0) is 69.7 Å². The topological polar surface area (TPSA) is 77.1 Å². The Labute approximate surface area is 189 Å². The van der Waals surface area contributed by atoms with Crippen LogP contribution in [0.25, 0.3) is 5.57 Å². The first-order valence-electron chi connectivity index (χ1n) is 10.9. The van der Waals surface area contributed by atoms with Crippen LogP contribution >= 0.6 is 0 Å². The lowest BCUT2D eigenvalue weighted by molar-refractivity contribution is -0.137. The average Bonchev–Trinajstić information content (AvgIpc) is 3.00. The standard InChI is InChI=1S/C25H30N2O5/c1-5-30-20-11-7-18(8-12-20)22-23(26-19-9-13-21(14-10-19)31-6-2)25(29)27(24(22)28)15-16-32-17(3)4/h7-14,17,26H,5-6,15-16H2,1-4H3. The predicted molar refractivity (Wildman–Crippen MR) is 124 cm³/mol. The molecule has 32 heavy (non-hydrogen) atoms. The van der Waals surface area contributed by atoms with Gasteiger partial charge < -0.3 is 19.5 Å². The highest BCUT2D eigenvalue weighted by Gasteiger charge is 2.39. The van der Waals surface area contributed by atoms with E-state index in [1.54, 1.807) is 24.3 Å². The van der Waals surface area contributed by atoms with Crippen LogP contribution < -0.4 is 14.8 Å². The molecule has 1 N–H and O–H groups in total. The molecule has 0 spiro atoms. The maximum atomic E-state index is 13.2. The minimum atomic E-state index is -0.375. The first-order valence-corrected chi connectivity index (χ1v) is 10.9. The zero-order chi connectivity index (χ0) is 23.1. The third-order valence-electron chi connectivity index (χ3n) is 4.82. The Morgan fingerprint density at radius 2 is 1.41 bits per heavy atom. The number of carbonyl (C=O) groups is 2. The molecule has 0 unspecified atom stereocenters. The zero-order valence-corrected chi connectivity index (χ0v) is 19.0. The number of nitrogens with zero attached hydrogens (tertiary/aromatic N) is 1. The van der Waals surface area contributed by atoms with Gasteiger partial charge >= 0.3 is 0 Å². The fourth-order valence-electron chi connectivity index (χ4n) is 3.37. The van der Waals surface area contributed by atoms with Gasteiger partial charge in [0.25, 0.3) is 11.8 Å². The summed E-state index contributed by atoms with van der Waals surface area (Å²) in [5.41, 5.74) is 1.91. The minimum absolute atomic E-state index is 0.0165. The fourth-order valence-corrected chi connectivity index (χ4v) is 3.37. The van der Waals surface area contributed by atoms with Crippen molar-refractivity contribution in [2.45, 2.75) is 33.8 Å². The largest absolute Gasteiger partial charge is 0.494 e. The van der Waals surface area contributed by atoms with Gasteiger partial charge in [0, 0.05) is 5.69 Å². The van der Waals surface area contributed by atoms with E-state index in [0.717, 1.165) is 5.75 Å². The molecule has 1 aliphatic heterocycles. The number of hydrogen-bond donors (Lipinski definition) is 1. The maximum absolute atomic E-state index is 13.2. The van der Waals surface area contributed by atoms with E-state index in [4.69, 9.17) is 14.2 Å². The third kappa shape index (κ3) is 5.48. The molecule has 0 radical (unpaired) electrons. The number of imide groups is 1. The van der Waals surface area contributed by atoms with Crippen LogP contribution in [0.2, 0.25) is 0 Å². The zero-order valence-electron chi connectivity index (χ0n) is 19.0. The van der Waals surface area contributed by atoms with Crippen LogP contribution in [0.1, 0.15) is 33.3 Å². The minimum Gasteiger partial charge on any atom is -0.494 e. The SMILES string of the molecule is CCOc1ccc(NC2=C(c3ccc(OCC)cc3)C(=O)N(CCOC(C)C)C2=O)cc1. The summed E-state index contributed by atoms with van der Waals surface area (Å²) in [4.78, 5) is 27.7. The Bertz CT molecular complexity index is 965. The molecule has 0 saturated carbocycles. The highest BCUT2D eigenvalue weighted by molar-refractivity contribution is 6.36. The van der Waals surface area contributed by atoms with Crippen molar-refractivity contribution in [3.05, 3.63) is 59.8 Å². The van der Waals surface area contributed by atoms with Gasteiger partial charge in [-0.1, -0.05) is 12.1 Å². The first kappa shape index (κ1) is 23.3. The summed E-state index contributed by atoms with van der Waals surface area (Å²) in [5.74, 6) is 0.719. The highest BCUT2D eigenvalue weighted by atomic mass is 16.5. The molecule has 7 nitrogen and oxygen atoms in total. The molecule has 0 atom stereocenters. The summed E-state index contributed by atoms with van der Waals surface area (Å²) < 4.78 is 16.5. The summed E-state index contributed by atoms with van der Waals surface area (Å²) in [6.45, 7) is 9.24. The van der Waals surface area contributed by atoms with Gasteiger partial charge in [-0.25, -0.2) is 0 Å². The average molecular weight is 439 g/mol. The summed E-state index contributed by atoms with van der Waals surface area (Å²) >= 11 is 0. The summed E-state index contributed by atoms with van der Waals surface area (Å²) in [6.07, 6.45) is 0.0165. The van der Waals surface area contributed by atoms with Gasteiger partial charge in [0.15, 0.2) is 0 Å². The van der Waals surface area contributed by atoms with E-state index in [0.29, 0.717) is 35.8 Å². The molecule has 0 bridgehead atoms. The number of nitrogens with one attached hydrogen (secondary N) is 1. The monoisotopic (exact) mass is 438 g/mol. The Morgan fingerprint density at radius 1 is 0.844 bits per heavy atom. The van der Waals surface area contributed by atoms with Crippen molar-refractivity contribution in [3.8, 4) is 11.5 Å². The van der Waals surface area contributed by atoms with Crippen molar-refractivity contribution in [1.82, 2.24) is 4.90 Å². The van der Waals surface area contributed by atoms with Gasteiger partial charge in [0.1, 0.15) is 17.2 Å². The second kappa shape index (κ2) is 10.8. The van der Waals surface area contributed by atoms with Gasteiger partial charge in [-0.3, -0.25) is 14.5 Å². The molecule has 0 aliphatic carbocycles. The van der Waals surface area contributed by atoms with Crippen LogP contribution in [-0.4, -0.2) is 49.2 Å². The van der Waals surface area contributed by atoms with E-state index in [1.807, 2.05) is 52.0 Å². The van der Waals surface area contributed by atoms with Crippen molar-refractivity contribution < 1.29 is 23.8 Å². The van der Waals surface area contributed by atoms with Crippen LogP contribution in [0.15, 0.2) is 54.2 Å². The van der Waals surface area contributed by atoms with Crippen molar-refractivity contribution >= 4 is 23.1 Å². The van der Waals surface area contributed by atoms with Crippen molar-refractivity contribution in [2.24, 2.45) is 0 Å². The Kier molecular flexibility index (Phi) is 7.89. The number of anilines is 1. The van der Waals surface area contributed by atoms with Gasteiger partial charge in [0.2, 0.25) is 0 Å². The smallest absolute Gasteiger partial charge is 0.278 e. The summed E-state index contributed by atoms with van der Waals surface area (Å²) in [7, 11) is 0. The molecule has 1 aliphatic rings. The van der Waals surface area contributed by atoms with Crippen molar-refractivity contribution in [1.29, 1.82) is 0 Å². The summed E-state index contributed by atoms with van der Waals surface area (Å²) in [5, 5.41) is 3.15. The molecule has 2 amide bonds. The van der Waals surface area contributed by atoms with Crippen LogP contribution in [0.5, 0.6) is 11.5 Å². The van der Waals surface area contributed by atoms with E-state index in [2.05, 4.69) is 5.32 Å². The molecular weight excluding hydrogens is 408 g/mol. The van der Waals surface area contributed by atoms with Crippen LogP contribution in [0.3, 0.4) is 0 Å². The molecule has 2 aromatic rings. The predicted octanol–water partition coefficient (Wildman–Crippen LogP) is 4.10. The Morgan fingerprint density at radius 3 is 1.94 bits per heavy atom. The van der Waals surface area contributed by atoms with E-state index < -0.39 is 0 Å². The van der Waals surface area contributed by atoms with Crippen LogP contribution in [-0.2, 0) is 14.3 Å². The number of amides is 2. The van der Waals surface area contributed by atoms with Crippen molar-refractivity contribution in [2.75, 3.05) is 31.7 Å². The molecule has 1 heterocycles. The molecule has 0 fully saturated rings. The maximum Gasteiger partial charge on any atom is 0.278 e. The number of benzene rings is 2. The van der Waals surface area contributed by atoms with Gasteiger partial charge in [-0.2, -0.15) is 0 Å². The second-order valence-electron chi connectivity index (χ2n) is 7.47. The second-order valence-corrected chi connectivity index (χ2v) is 7.47. The lowest BCUT2D eigenvalue weighted by Crippen LogP contribution is -2.35. The van der Waals surface area contributed by atoms with Crippen molar-refractivity contribution in [3.63, 3.8) is 0 Å². The summed E-state index contributed by atoms with van der Waals surface area (Å²) in [6, 6.07) is 14.4. The molecule has 3 rings (SSSR count). The molecule has 170 valence electrons. The van der Waals surface area contributed by atoms with E-state index in [-0.39, 0.29) is 36.8 Å². The number of hydrogen-bond acceptors (Lipinski definition) is 6. The van der Waals surface area contributed by atoms with Gasteiger partial charge in [0.05, 0.1) is 38.0 Å². The van der Waals surface area contributed by atoms with E-state index >= 15 is 0 Å². The van der Waals surface area contributed by atoms with Crippen LogP contribution in [0, 0.1) is 0 Å². The molecule has 0 saturated heterocycles. The molecule has 2 aromatic carbocycles.